The molecule has 0 bridgehead atoms. The highest BCUT2D eigenvalue weighted by Crippen LogP contribution is 2.21. The molecule has 3 rings (SSSR count). The average Bonchev–Trinajstić information content (AvgIpc) is 3.15. The van der Waals surface area contributed by atoms with Crippen LogP contribution in [0.1, 0.15) is 18.3 Å². The van der Waals surface area contributed by atoms with Crippen molar-refractivity contribution in [3.05, 3.63) is 17.5 Å². The van der Waals surface area contributed by atoms with Crippen molar-refractivity contribution in [1.82, 2.24) is 24.9 Å². The molecule has 0 unspecified atom stereocenters. The summed E-state index contributed by atoms with van der Waals surface area (Å²) < 4.78 is 0. The lowest BCUT2D eigenvalue weighted by Crippen LogP contribution is -2.49. The van der Waals surface area contributed by atoms with Crippen molar-refractivity contribution in [2.75, 3.05) is 52.4 Å². The molecule has 7 heteroatoms. The topological polar surface area (TPSA) is 75.7 Å². The number of hydrogen-bond donors (Lipinski definition) is 2. The van der Waals surface area contributed by atoms with Crippen LogP contribution in [0.25, 0.3) is 0 Å². The molecule has 24 heavy (non-hydrogen) atoms. The molecule has 0 spiro atoms. The summed E-state index contributed by atoms with van der Waals surface area (Å²) in [7, 11) is 0. The molecular weight excluding hydrogens is 306 g/mol. The lowest BCUT2D eigenvalue weighted by atomic mass is 10.0. The molecule has 2 atom stereocenters. The van der Waals surface area contributed by atoms with Gasteiger partial charge in [0.2, 0.25) is 5.91 Å². The molecule has 1 amide bonds. The molecule has 1 aromatic heterocycles. The van der Waals surface area contributed by atoms with Gasteiger partial charge in [-0.1, -0.05) is 6.92 Å². The second kappa shape index (κ2) is 7.63. The van der Waals surface area contributed by atoms with Gasteiger partial charge >= 0.3 is 0 Å². The molecule has 2 saturated heterocycles. The number of likely N-dealkylation sites (N-methyl/N-ethyl adjacent to an activating group) is 1. The van der Waals surface area contributed by atoms with Crippen molar-refractivity contribution in [1.29, 1.82) is 0 Å². The zero-order valence-corrected chi connectivity index (χ0v) is 14.7. The molecule has 134 valence electrons. The van der Waals surface area contributed by atoms with Crippen molar-refractivity contribution < 1.29 is 9.90 Å². The van der Waals surface area contributed by atoms with Crippen molar-refractivity contribution in [2.24, 2.45) is 5.92 Å². The highest BCUT2D eigenvalue weighted by molar-refractivity contribution is 5.78. The Kier molecular flexibility index (Phi) is 5.53. The second-order valence-electron chi connectivity index (χ2n) is 7.08. The quantitative estimate of drug-likeness (QED) is 0.774. The summed E-state index contributed by atoms with van der Waals surface area (Å²) in [6.45, 7) is 10.7. The van der Waals surface area contributed by atoms with Crippen molar-refractivity contribution in [2.45, 2.75) is 26.4 Å². The predicted molar refractivity (Wildman–Crippen MR) is 91.7 cm³/mol. The van der Waals surface area contributed by atoms with Crippen LogP contribution in [-0.2, 0) is 11.2 Å². The fourth-order valence-corrected chi connectivity index (χ4v) is 3.66. The summed E-state index contributed by atoms with van der Waals surface area (Å²) in [5.74, 6) is 0.216. The average molecular weight is 335 g/mol. The number of nitrogens with one attached hydrogen (secondary N) is 1. The number of hydrogen-bond acceptors (Lipinski definition) is 5. The van der Waals surface area contributed by atoms with Gasteiger partial charge in [0, 0.05) is 50.9 Å². The monoisotopic (exact) mass is 335 g/mol. The number of amides is 1. The third-order valence-corrected chi connectivity index (χ3v) is 5.26. The summed E-state index contributed by atoms with van der Waals surface area (Å²) in [5.41, 5.74) is 1.98. The minimum atomic E-state index is -0.456. The van der Waals surface area contributed by atoms with E-state index in [0.29, 0.717) is 26.1 Å². The Balaban J connectivity index is 1.48. The third kappa shape index (κ3) is 4.15. The molecule has 2 aliphatic rings. The number of aromatic amines is 1. The van der Waals surface area contributed by atoms with Crippen molar-refractivity contribution in [3.8, 4) is 0 Å². The molecule has 0 aliphatic carbocycles. The second-order valence-corrected chi connectivity index (χ2v) is 7.08. The number of carbonyl (C=O) groups excluding carboxylic acids is 1. The van der Waals surface area contributed by atoms with Crippen LogP contribution in [0.3, 0.4) is 0 Å². The number of aromatic nitrogens is 2. The molecular formula is C17H29N5O2. The van der Waals surface area contributed by atoms with Gasteiger partial charge in [-0.25, -0.2) is 0 Å². The molecule has 7 nitrogen and oxygen atoms in total. The highest BCUT2D eigenvalue weighted by Gasteiger charge is 2.35. The van der Waals surface area contributed by atoms with Gasteiger partial charge in [-0.3, -0.25) is 14.8 Å². The van der Waals surface area contributed by atoms with E-state index in [2.05, 4.69) is 26.9 Å². The normalized spacial score (nSPS) is 26.2. The number of likely N-dealkylation sites (tertiary alicyclic amines) is 1. The summed E-state index contributed by atoms with van der Waals surface area (Å²) >= 11 is 0. The lowest BCUT2D eigenvalue weighted by Gasteiger charge is -2.34. The van der Waals surface area contributed by atoms with Crippen LogP contribution in [0.15, 0.2) is 6.07 Å². The molecule has 0 radical (unpaired) electrons. The first-order valence-corrected chi connectivity index (χ1v) is 8.96. The van der Waals surface area contributed by atoms with E-state index in [4.69, 9.17) is 0 Å². The van der Waals surface area contributed by atoms with E-state index in [9.17, 15) is 9.90 Å². The predicted octanol–water partition coefficient (Wildman–Crippen LogP) is -0.283. The van der Waals surface area contributed by atoms with Crippen molar-refractivity contribution >= 4 is 5.91 Å². The Bertz CT molecular complexity index is 553. The first-order chi connectivity index (χ1) is 11.5. The molecule has 1 aromatic rings. The maximum absolute atomic E-state index is 12.6. The van der Waals surface area contributed by atoms with Crippen molar-refractivity contribution in [3.63, 3.8) is 0 Å². The Hall–Kier alpha value is -1.44. The number of nitrogens with zero attached hydrogens (tertiary/aromatic N) is 4. The zero-order valence-electron chi connectivity index (χ0n) is 14.7. The van der Waals surface area contributed by atoms with Crippen LogP contribution >= 0.6 is 0 Å². The van der Waals surface area contributed by atoms with E-state index in [1.165, 1.54) is 0 Å². The maximum Gasteiger partial charge on any atom is 0.236 e. The zero-order chi connectivity index (χ0) is 17.1. The number of piperazine rings is 1. The molecule has 2 fully saturated rings. The number of H-pyrrole nitrogens is 1. The molecule has 2 N–H and O–H groups in total. The Morgan fingerprint density at radius 2 is 2.00 bits per heavy atom. The maximum atomic E-state index is 12.6. The van der Waals surface area contributed by atoms with Crippen LogP contribution in [0, 0.1) is 12.8 Å². The van der Waals surface area contributed by atoms with Gasteiger partial charge in [-0.05, 0) is 26.0 Å². The molecule has 3 heterocycles. The molecule has 0 saturated carbocycles. The first-order valence-electron chi connectivity index (χ1n) is 8.96. The Morgan fingerprint density at radius 3 is 2.62 bits per heavy atom. The molecule has 0 aromatic carbocycles. The van der Waals surface area contributed by atoms with E-state index in [-0.39, 0.29) is 11.8 Å². The Labute approximate surface area is 143 Å². The van der Waals surface area contributed by atoms with Gasteiger partial charge in [0.15, 0.2) is 0 Å². The van der Waals surface area contributed by atoms with Gasteiger partial charge in [-0.2, -0.15) is 5.10 Å². The smallest absolute Gasteiger partial charge is 0.236 e. The van der Waals surface area contributed by atoms with Crippen LogP contribution in [-0.4, -0.2) is 94.4 Å². The van der Waals surface area contributed by atoms with Crippen LogP contribution in [0.5, 0.6) is 0 Å². The number of rotatable bonds is 5. The minimum Gasteiger partial charge on any atom is -0.391 e. The van der Waals surface area contributed by atoms with Crippen LogP contribution < -0.4 is 0 Å². The number of aryl methyl sites for hydroxylation is 1. The summed E-state index contributed by atoms with van der Waals surface area (Å²) in [5, 5.41) is 17.5. The van der Waals surface area contributed by atoms with E-state index in [1.54, 1.807) is 0 Å². The fourth-order valence-electron chi connectivity index (χ4n) is 3.66. The summed E-state index contributed by atoms with van der Waals surface area (Å²) in [6.07, 6.45) is 0.257. The minimum absolute atomic E-state index is 0.0774. The standard InChI is InChI=1S/C17H29N5O2/c1-3-20-4-6-21(7-5-20)12-17(24)22-10-14(16(23)11-22)9-15-8-13(2)18-19-15/h8,14,16,23H,3-7,9-12H2,1-2H3,(H,18,19)/t14-,16-/m1/s1. The summed E-state index contributed by atoms with van der Waals surface area (Å²) in [4.78, 5) is 19.0. The van der Waals surface area contributed by atoms with Gasteiger partial charge in [0.1, 0.15) is 0 Å². The number of carbonyl (C=O) groups is 1. The van der Waals surface area contributed by atoms with Gasteiger partial charge in [0.25, 0.3) is 0 Å². The fraction of sp³-hybridized carbons (Fsp3) is 0.765. The van der Waals surface area contributed by atoms with Gasteiger partial charge in [-0.15, -0.1) is 0 Å². The van der Waals surface area contributed by atoms with E-state index >= 15 is 0 Å². The third-order valence-electron chi connectivity index (χ3n) is 5.26. The Morgan fingerprint density at radius 1 is 1.29 bits per heavy atom. The first kappa shape index (κ1) is 17.4. The summed E-state index contributed by atoms with van der Waals surface area (Å²) in [6, 6.07) is 2.00. The SMILES string of the molecule is CCN1CCN(CC(=O)N2C[C@@H](Cc3cc(C)[nH]n3)[C@H](O)C2)CC1. The van der Waals surface area contributed by atoms with E-state index in [0.717, 1.165) is 44.1 Å². The lowest BCUT2D eigenvalue weighted by molar-refractivity contribution is -0.132. The number of β-amino-alcohol motifs (C(OH)–C–C–N with tert-alkyl or cyclic N) is 1. The number of aliphatic hydroxyl groups is 1. The van der Waals surface area contributed by atoms with Crippen LogP contribution in [0.4, 0.5) is 0 Å². The molecule has 2 aliphatic heterocycles. The van der Waals surface area contributed by atoms with E-state index in [1.807, 2.05) is 17.9 Å². The van der Waals surface area contributed by atoms with Gasteiger partial charge < -0.3 is 14.9 Å². The largest absolute Gasteiger partial charge is 0.391 e. The van der Waals surface area contributed by atoms with Crippen LogP contribution in [0.2, 0.25) is 0 Å². The highest BCUT2D eigenvalue weighted by atomic mass is 16.3. The van der Waals surface area contributed by atoms with Gasteiger partial charge in [0.05, 0.1) is 18.3 Å². The number of aliphatic hydroxyl groups excluding tert-OH is 1. The van der Waals surface area contributed by atoms with E-state index < -0.39 is 6.10 Å².